The lowest BCUT2D eigenvalue weighted by Crippen LogP contribution is -2.15. The average molecular weight is 459 g/mol. The molecule has 1 N–H and O–H groups in total. The van der Waals surface area contributed by atoms with Gasteiger partial charge in [-0.15, -0.1) is 4.57 Å². The van der Waals surface area contributed by atoms with Crippen molar-refractivity contribution in [3.8, 4) is 5.75 Å². The Labute approximate surface area is 194 Å². The molecule has 2 aromatic carbocycles. The van der Waals surface area contributed by atoms with Crippen LogP contribution in [-0.2, 0) is 16.1 Å². The lowest BCUT2D eigenvalue weighted by Gasteiger charge is -2.11. The van der Waals surface area contributed by atoms with E-state index in [4.69, 9.17) is 14.0 Å². The molecule has 1 amide bonds. The van der Waals surface area contributed by atoms with Crippen LogP contribution in [-0.4, -0.2) is 28.5 Å². The van der Waals surface area contributed by atoms with Gasteiger partial charge in [0, 0.05) is 18.2 Å². The smallest absolute Gasteiger partial charge is 0.338 e. The van der Waals surface area contributed by atoms with Gasteiger partial charge >= 0.3 is 5.97 Å². The molecule has 2 heterocycles. The van der Waals surface area contributed by atoms with Crippen LogP contribution in [0.1, 0.15) is 27.4 Å². The van der Waals surface area contributed by atoms with Crippen LogP contribution in [0.4, 0.5) is 5.69 Å². The van der Waals surface area contributed by atoms with Gasteiger partial charge < -0.3 is 19.3 Å². The van der Waals surface area contributed by atoms with Gasteiger partial charge in [-0.2, -0.15) is 0 Å². The zero-order valence-corrected chi connectivity index (χ0v) is 18.5. The first-order valence-electron chi connectivity index (χ1n) is 10.3. The summed E-state index contributed by atoms with van der Waals surface area (Å²) in [7, 11) is 1.46. The molecule has 0 aliphatic heterocycles. The Morgan fingerprint density at radius 2 is 1.91 bits per heavy atom. The number of hydrogen-bond donors (Lipinski definition) is 1. The molecule has 34 heavy (non-hydrogen) atoms. The van der Waals surface area contributed by atoms with Crippen LogP contribution in [0.25, 0.3) is 11.7 Å². The lowest BCUT2D eigenvalue weighted by molar-refractivity contribution is -0.111. The van der Waals surface area contributed by atoms with Crippen molar-refractivity contribution < 1.29 is 23.6 Å². The minimum atomic E-state index is -0.650. The summed E-state index contributed by atoms with van der Waals surface area (Å²) in [5.74, 6) is -0.122. The Morgan fingerprint density at radius 3 is 2.68 bits per heavy atom. The number of aryl methyl sites for hydroxylation is 1. The fourth-order valence-corrected chi connectivity index (χ4v) is 3.21. The molecule has 0 saturated carbocycles. The highest BCUT2D eigenvalue weighted by molar-refractivity contribution is 6.03. The van der Waals surface area contributed by atoms with E-state index in [2.05, 4.69) is 10.3 Å². The Morgan fingerprint density at radius 1 is 1.12 bits per heavy atom. The van der Waals surface area contributed by atoms with Crippen molar-refractivity contribution in [3.05, 3.63) is 99.7 Å². The van der Waals surface area contributed by atoms with Crippen molar-refractivity contribution in [2.45, 2.75) is 13.5 Å². The second-order valence-electron chi connectivity index (χ2n) is 7.31. The van der Waals surface area contributed by atoms with Gasteiger partial charge in [0.2, 0.25) is 5.91 Å². The number of methoxy groups -OCH3 is 1. The molecular weight excluding hydrogens is 438 g/mol. The molecule has 0 fully saturated rings. The van der Waals surface area contributed by atoms with E-state index in [9.17, 15) is 14.4 Å². The highest BCUT2D eigenvalue weighted by Gasteiger charge is 2.14. The second kappa shape index (κ2) is 9.86. The highest BCUT2D eigenvalue weighted by Crippen LogP contribution is 2.26. The third kappa shape index (κ3) is 5.21. The van der Waals surface area contributed by atoms with Gasteiger partial charge in [0.15, 0.2) is 5.65 Å². The van der Waals surface area contributed by atoms with Crippen LogP contribution in [0.15, 0.2) is 76.1 Å². The molecular formula is C25H21N3O6. The molecule has 4 aromatic rings. The number of rotatable bonds is 7. The Kier molecular flexibility index (Phi) is 6.54. The van der Waals surface area contributed by atoms with E-state index < -0.39 is 11.5 Å². The normalized spacial score (nSPS) is 11.0. The van der Waals surface area contributed by atoms with Gasteiger partial charge in [-0.1, -0.05) is 30.3 Å². The summed E-state index contributed by atoms with van der Waals surface area (Å²) in [6.45, 7) is 1.49. The molecule has 0 aliphatic carbocycles. The molecule has 0 unspecified atom stereocenters. The third-order valence-electron chi connectivity index (χ3n) is 4.80. The maximum absolute atomic E-state index is 12.6. The highest BCUT2D eigenvalue weighted by atomic mass is 16.5. The van der Waals surface area contributed by atoms with Crippen LogP contribution in [0, 0.1) is 6.92 Å². The first-order chi connectivity index (χ1) is 16.4. The zero-order chi connectivity index (χ0) is 24.1. The van der Waals surface area contributed by atoms with E-state index in [0.717, 1.165) is 10.1 Å². The number of hydrogen-bond acceptors (Lipinski definition) is 7. The largest absolute Gasteiger partial charge is 0.495 e. The molecule has 0 atom stereocenters. The number of benzene rings is 2. The van der Waals surface area contributed by atoms with Crippen LogP contribution in [0.3, 0.4) is 0 Å². The number of carbonyl (C=O) groups excluding carboxylic acids is 2. The fraction of sp³-hybridized carbons (Fsp3) is 0.120. The molecule has 0 saturated heterocycles. The first-order valence-corrected chi connectivity index (χ1v) is 10.3. The van der Waals surface area contributed by atoms with Crippen LogP contribution >= 0.6 is 0 Å². The number of aromatic nitrogens is 2. The van der Waals surface area contributed by atoms with E-state index in [0.29, 0.717) is 22.8 Å². The third-order valence-corrected chi connectivity index (χ3v) is 4.80. The summed E-state index contributed by atoms with van der Waals surface area (Å²) >= 11 is 0. The Balaban J connectivity index is 1.46. The van der Waals surface area contributed by atoms with Gasteiger partial charge in [0.1, 0.15) is 18.1 Å². The topological polar surface area (TPSA) is 112 Å². The summed E-state index contributed by atoms with van der Waals surface area (Å²) in [6.07, 6.45) is 3.06. The van der Waals surface area contributed by atoms with Crippen molar-refractivity contribution in [1.82, 2.24) is 9.56 Å². The van der Waals surface area contributed by atoms with Crippen molar-refractivity contribution in [2.75, 3.05) is 12.4 Å². The summed E-state index contributed by atoms with van der Waals surface area (Å²) in [6, 6.07) is 16.7. The summed E-state index contributed by atoms with van der Waals surface area (Å²) in [5.41, 5.74) is 1.58. The standard InChI is InChI=1S/C25H21N3O6/c1-16-12-22-26-19(14-24(30)28(22)34-16)15-33-25(31)18-9-10-21(32-2)20(13-18)27-23(29)11-8-17-6-4-3-5-7-17/h3-14H,15H2,1-2H3,(H,27,29). The van der Waals surface area contributed by atoms with Crippen LogP contribution in [0.2, 0.25) is 0 Å². The summed E-state index contributed by atoms with van der Waals surface area (Å²) < 4.78 is 16.9. The first kappa shape index (κ1) is 22.5. The lowest BCUT2D eigenvalue weighted by atomic mass is 10.1. The van der Waals surface area contributed by atoms with Gasteiger partial charge in [-0.3, -0.25) is 9.59 Å². The molecule has 0 radical (unpaired) electrons. The molecule has 9 nitrogen and oxygen atoms in total. The molecule has 0 bridgehead atoms. The number of ether oxygens (including phenoxy) is 2. The number of anilines is 1. The summed E-state index contributed by atoms with van der Waals surface area (Å²) in [4.78, 5) is 41.3. The summed E-state index contributed by atoms with van der Waals surface area (Å²) in [5, 5.41) is 2.71. The Bertz CT molecular complexity index is 1440. The van der Waals surface area contributed by atoms with E-state index in [1.807, 2.05) is 30.3 Å². The van der Waals surface area contributed by atoms with Gasteiger partial charge in [0.05, 0.1) is 24.1 Å². The molecule has 172 valence electrons. The number of amides is 1. The van der Waals surface area contributed by atoms with Crippen molar-refractivity contribution in [1.29, 1.82) is 0 Å². The van der Waals surface area contributed by atoms with Crippen molar-refractivity contribution in [2.24, 2.45) is 0 Å². The van der Waals surface area contributed by atoms with Gasteiger partial charge in [-0.25, -0.2) is 9.78 Å². The number of carbonyl (C=O) groups is 2. The van der Waals surface area contributed by atoms with E-state index in [1.54, 1.807) is 25.1 Å². The van der Waals surface area contributed by atoms with Crippen molar-refractivity contribution in [3.63, 3.8) is 0 Å². The van der Waals surface area contributed by atoms with E-state index >= 15 is 0 Å². The van der Waals surface area contributed by atoms with Crippen LogP contribution in [0.5, 0.6) is 5.75 Å². The molecule has 9 heteroatoms. The minimum absolute atomic E-state index is 0.195. The predicted octanol–water partition coefficient (Wildman–Crippen LogP) is 3.61. The van der Waals surface area contributed by atoms with Gasteiger partial charge in [0.25, 0.3) is 5.56 Å². The molecule has 2 aromatic heterocycles. The Hall–Kier alpha value is -4.66. The number of nitrogens with one attached hydrogen (secondary N) is 1. The molecule has 4 rings (SSSR count). The van der Waals surface area contributed by atoms with E-state index in [1.165, 1.54) is 31.4 Å². The van der Waals surface area contributed by atoms with Gasteiger partial charge in [-0.05, 0) is 36.8 Å². The zero-order valence-electron chi connectivity index (χ0n) is 18.5. The average Bonchev–Trinajstić information content (AvgIpc) is 3.22. The molecule has 0 spiro atoms. The number of esters is 1. The maximum Gasteiger partial charge on any atom is 0.338 e. The van der Waals surface area contributed by atoms with E-state index in [-0.39, 0.29) is 23.8 Å². The monoisotopic (exact) mass is 459 g/mol. The number of fused-ring (bicyclic) bond motifs is 1. The van der Waals surface area contributed by atoms with Crippen molar-refractivity contribution >= 4 is 29.3 Å². The SMILES string of the molecule is COc1ccc(C(=O)OCc2cc(=O)n3oc(C)cc3n2)cc1NC(=O)C=Cc1ccccc1. The maximum atomic E-state index is 12.6. The minimum Gasteiger partial charge on any atom is -0.495 e. The van der Waals surface area contributed by atoms with Crippen LogP contribution < -0.4 is 15.6 Å². The second-order valence-corrected chi connectivity index (χ2v) is 7.31. The quantitative estimate of drug-likeness (QED) is 0.332. The number of nitrogens with zero attached hydrogens (tertiary/aromatic N) is 2. The molecule has 0 aliphatic rings. The fourth-order valence-electron chi connectivity index (χ4n) is 3.21. The predicted molar refractivity (Wildman–Crippen MR) is 125 cm³/mol.